The Balaban J connectivity index is 2.33. The topological polar surface area (TPSA) is 89.5 Å². The second-order valence-electron chi connectivity index (χ2n) is 7.48. The van der Waals surface area contributed by atoms with Crippen LogP contribution in [0, 0.1) is 5.92 Å². The Kier molecular flexibility index (Phi) is 8.04. The van der Waals surface area contributed by atoms with Crippen LogP contribution in [-0.2, 0) is 19.1 Å². The van der Waals surface area contributed by atoms with Crippen LogP contribution in [0.1, 0.15) is 36.5 Å². The minimum Gasteiger partial charge on any atom is -0.493 e. The third kappa shape index (κ3) is 4.66. The van der Waals surface area contributed by atoms with Gasteiger partial charge in [0.05, 0.1) is 53.1 Å². The van der Waals surface area contributed by atoms with Crippen LogP contribution < -0.4 is 18.9 Å². The van der Waals surface area contributed by atoms with Gasteiger partial charge in [-0.25, -0.2) is 4.79 Å². The van der Waals surface area contributed by atoms with Crippen molar-refractivity contribution in [3.63, 3.8) is 0 Å². The molecule has 0 heterocycles. The lowest BCUT2D eigenvalue weighted by Crippen LogP contribution is -2.33. The summed E-state index contributed by atoms with van der Waals surface area (Å²) in [5.41, 5.74) is 2.43. The molecule has 0 N–H and O–H groups in total. The molecule has 1 aliphatic rings. The summed E-state index contributed by atoms with van der Waals surface area (Å²) in [6, 6.07) is 9.00. The van der Waals surface area contributed by atoms with Crippen LogP contribution >= 0.6 is 0 Å². The summed E-state index contributed by atoms with van der Waals surface area (Å²) in [6.45, 7) is 3.78. The van der Waals surface area contributed by atoms with Crippen molar-refractivity contribution in [3.05, 3.63) is 52.6 Å². The third-order valence-corrected chi connectivity index (χ3v) is 5.72. The number of benzene rings is 2. The van der Waals surface area contributed by atoms with Gasteiger partial charge in [0.15, 0.2) is 23.0 Å². The van der Waals surface area contributed by atoms with E-state index in [0.717, 1.165) is 11.1 Å². The minimum absolute atomic E-state index is 0.170. The van der Waals surface area contributed by atoms with Gasteiger partial charge < -0.3 is 28.4 Å². The molecule has 1 aliphatic carbocycles. The summed E-state index contributed by atoms with van der Waals surface area (Å²) in [4.78, 5) is 26.3. The number of carbonyl (C=O) groups is 2. The summed E-state index contributed by atoms with van der Waals surface area (Å²) in [6.07, 6.45) is 1.66. The predicted molar refractivity (Wildman–Crippen MR) is 126 cm³/mol. The number of fused-ring (bicyclic) bond motifs is 1. The van der Waals surface area contributed by atoms with Crippen molar-refractivity contribution in [2.75, 3.05) is 41.7 Å². The normalized spacial score (nSPS) is 16.6. The van der Waals surface area contributed by atoms with Crippen LogP contribution in [0.15, 0.2) is 35.9 Å². The Morgan fingerprint density at radius 2 is 1.35 bits per heavy atom. The molecule has 2 aromatic carbocycles. The molecule has 0 unspecified atom stereocenters. The van der Waals surface area contributed by atoms with E-state index in [4.69, 9.17) is 28.4 Å². The van der Waals surface area contributed by atoms with Crippen molar-refractivity contribution in [1.29, 1.82) is 0 Å². The SMILES string of the molecule is CCOC(=O)C1=Cc2cc(OC)c(OC)cc2[C@H](c2ccc(OC)c(OC)c2)[C@H]1C(=O)OCC. The predicted octanol–water partition coefficient (Wildman–Crippen LogP) is 3.99. The Morgan fingerprint density at radius 1 is 0.765 bits per heavy atom. The molecule has 34 heavy (non-hydrogen) atoms. The molecule has 0 aliphatic heterocycles. The third-order valence-electron chi connectivity index (χ3n) is 5.72. The molecular weight excluding hydrogens is 440 g/mol. The number of esters is 2. The number of methoxy groups -OCH3 is 4. The largest absolute Gasteiger partial charge is 0.493 e. The van der Waals surface area contributed by atoms with Gasteiger partial charge in [-0.1, -0.05) is 6.07 Å². The molecule has 0 bridgehead atoms. The first-order valence-corrected chi connectivity index (χ1v) is 11.0. The molecule has 0 amide bonds. The summed E-state index contributed by atoms with van der Waals surface area (Å²) in [5.74, 6) is -0.585. The van der Waals surface area contributed by atoms with Crippen LogP contribution in [-0.4, -0.2) is 53.6 Å². The highest BCUT2D eigenvalue weighted by molar-refractivity contribution is 6.02. The second-order valence-corrected chi connectivity index (χ2v) is 7.48. The highest BCUT2D eigenvalue weighted by Crippen LogP contribution is 2.48. The van der Waals surface area contributed by atoms with Crippen molar-refractivity contribution in [2.45, 2.75) is 19.8 Å². The van der Waals surface area contributed by atoms with E-state index in [0.29, 0.717) is 28.6 Å². The van der Waals surface area contributed by atoms with Gasteiger partial charge in [0.1, 0.15) is 0 Å². The molecule has 0 fully saturated rings. The number of rotatable bonds is 9. The monoisotopic (exact) mass is 470 g/mol. The highest BCUT2D eigenvalue weighted by Gasteiger charge is 2.43. The number of ether oxygens (including phenoxy) is 6. The van der Waals surface area contributed by atoms with Gasteiger partial charge in [-0.2, -0.15) is 0 Å². The lowest BCUT2D eigenvalue weighted by atomic mass is 9.71. The zero-order valence-electron chi connectivity index (χ0n) is 20.3. The average molecular weight is 471 g/mol. The van der Waals surface area contributed by atoms with Crippen LogP contribution in [0.3, 0.4) is 0 Å². The van der Waals surface area contributed by atoms with Crippen molar-refractivity contribution in [3.8, 4) is 23.0 Å². The van der Waals surface area contributed by atoms with Crippen molar-refractivity contribution in [1.82, 2.24) is 0 Å². The molecule has 0 radical (unpaired) electrons. The average Bonchev–Trinajstić information content (AvgIpc) is 2.86. The van der Waals surface area contributed by atoms with Gasteiger partial charge in [-0.3, -0.25) is 4.79 Å². The molecule has 182 valence electrons. The summed E-state index contributed by atoms with van der Waals surface area (Å²) >= 11 is 0. The van der Waals surface area contributed by atoms with E-state index in [1.165, 1.54) is 14.2 Å². The van der Waals surface area contributed by atoms with Crippen LogP contribution in [0.4, 0.5) is 0 Å². The first-order valence-electron chi connectivity index (χ1n) is 11.0. The first-order chi connectivity index (χ1) is 16.4. The van der Waals surface area contributed by atoms with Crippen molar-refractivity contribution < 1.29 is 38.0 Å². The maximum absolute atomic E-state index is 13.3. The fourth-order valence-electron chi connectivity index (χ4n) is 4.23. The van der Waals surface area contributed by atoms with Crippen molar-refractivity contribution in [2.24, 2.45) is 5.92 Å². The van der Waals surface area contributed by atoms with Gasteiger partial charge in [0, 0.05) is 5.92 Å². The Hall–Kier alpha value is -3.68. The van der Waals surface area contributed by atoms with E-state index in [2.05, 4.69) is 0 Å². The van der Waals surface area contributed by atoms with Crippen molar-refractivity contribution >= 4 is 18.0 Å². The van der Waals surface area contributed by atoms with E-state index in [1.54, 1.807) is 52.3 Å². The van der Waals surface area contributed by atoms with Gasteiger partial charge in [0.25, 0.3) is 0 Å². The molecule has 2 atom stereocenters. The fourth-order valence-corrected chi connectivity index (χ4v) is 4.23. The molecular formula is C26H30O8. The molecule has 0 saturated carbocycles. The quantitative estimate of drug-likeness (QED) is 0.508. The number of carbonyl (C=O) groups excluding carboxylic acids is 2. The number of hydrogen-bond acceptors (Lipinski definition) is 8. The van der Waals surface area contributed by atoms with Gasteiger partial charge in [-0.05, 0) is 60.9 Å². The van der Waals surface area contributed by atoms with E-state index in [9.17, 15) is 9.59 Å². The van der Waals surface area contributed by atoms with Gasteiger partial charge >= 0.3 is 11.9 Å². The lowest BCUT2D eigenvalue weighted by Gasteiger charge is -2.33. The van der Waals surface area contributed by atoms with Gasteiger partial charge in [0.2, 0.25) is 0 Å². The van der Waals surface area contributed by atoms with E-state index < -0.39 is 23.8 Å². The molecule has 3 rings (SSSR count). The molecule has 8 heteroatoms. The maximum Gasteiger partial charge on any atom is 0.334 e. The maximum atomic E-state index is 13.3. The smallest absolute Gasteiger partial charge is 0.334 e. The Labute approximate surface area is 199 Å². The zero-order valence-corrected chi connectivity index (χ0v) is 20.3. The highest BCUT2D eigenvalue weighted by atomic mass is 16.5. The summed E-state index contributed by atoms with van der Waals surface area (Å²) in [5, 5.41) is 0. The van der Waals surface area contributed by atoms with E-state index in [1.807, 2.05) is 12.1 Å². The van der Waals surface area contributed by atoms with E-state index >= 15 is 0 Å². The molecule has 8 nitrogen and oxygen atoms in total. The molecule has 0 aromatic heterocycles. The minimum atomic E-state index is -0.942. The lowest BCUT2D eigenvalue weighted by molar-refractivity contribution is -0.150. The zero-order chi connectivity index (χ0) is 24.8. The van der Waals surface area contributed by atoms with Crippen LogP contribution in [0.25, 0.3) is 6.08 Å². The molecule has 0 spiro atoms. The standard InChI is InChI=1S/C26H30O8/c1-7-33-25(27)18-11-16-13-21(31-5)22(32-6)14-17(16)23(24(18)26(28)34-8-2)15-9-10-19(29-3)20(12-15)30-4/h9-14,23-24H,7-8H2,1-6H3/t23-,24-/m0/s1. The first kappa shape index (κ1) is 25.0. The van der Waals surface area contributed by atoms with Gasteiger partial charge in [-0.15, -0.1) is 0 Å². The Morgan fingerprint density at radius 3 is 1.94 bits per heavy atom. The summed E-state index contributed by atoms with van der Waals surface area (Å²) in [7, 11) is 6.17. The number of hydrogen-bond donors (Lipinski definition) is 0. The van der Waals surface area contributed by atoms with Crippen LogP contribution in [0.2, 0.25) is 0 Å². The Bertz CT molecular complexity index is 1090. The summed E-state index contributed by atoms with van der Waals surface area (Å²) < 4.78 is 32.6. The van der Waals surface area contributed by atoms with E-state index in [-0.39, 0.29) is 18.8 Å². The molecule has 0 saturated heterocycles. The molecule has 2 aromatic rings. The fraction of sp³-hybridized carbons (Fsp3) is 0.385. The second kappa shape index (κ2) is 11.0. The van der Waals surface area contributed by atoms with Crippen LogP contribution in [0.5, 0.6) is 23.0 Å².